The molecule has 138 valence electrons. The maximum Gasteiger partial charge on any atom is 0.211 e. The van der Waals surface area contributed by atoms with Crippen molar-refractivity contribution in [1.29, 1.82) is 0 Å². The minimum Gasteiger partial charge on any atom is -0.492 e. The van der Waals surface area contributed by atoms with Gasteiger partial charge in [-0.2, -0.15) is 0 Å². The average molecular weight is 375 g/mol. The second-order valence-electron chi connectivity index (χ2n) is 5.64. The van der Waals surface area contributed by atoms with Crippen LogP contribution in [0, 0.1) is 11.8 Å². The molecule has 0 aliphatic rings. The number of hydrogen-bond acceptors (Lipinski definition) is 5. The molecule has 0 unspecified atom stereocenters. The van der Waals surface area contributed by atoms with Crippen LogP contribution < -0.4 is 4.74 Å². The molecule has 2 aromatic carbocycles. The van der Waals surface area contributed by atoms with E-state index in [1.165, 1.54) is 11.4 Å². The third-order valence-electron chi connectivity index (χ3n) is 3.64. The molecule has 0 bridgehead atoms. The van der Waals surface area contributed by atoms with Gasteiger partial charge in [0.1, 0.15) is 19.0 Å². The number of ether oxygens (including phenoxy) is 1. The van der Waals surface area contributed by atoms with E-state index in [1.807, 2.05) is 30.3 Å². The van der Waals surface area contributed by atoms with Crippen LogP contribution in [-0.2, 0) is 21.5 Å². The lowest BCUT2D eigenvalue weighted by Crippen LogP contribution is -2.29. The monoisotopic (exact) mass is 375 g/mol. The third kappa shape index (κ3) is 6.17. The van der Waals surface area contributed by atoms with E-state index in [9.17, 15) is 8.42 Å². The highest BCUT2D eigenvalue weighted by Gasteiger charge is 2.11. The highest BCUT2D eigenvalue weighted by molar-refractivity contribution is 7.88. The summed E-state index contributed by atoms with van der Waals surface area (Å²) in [5.41, 5.74) is 2.27. The van der Waals surface area contributed by atoms with Gasteiger partial charge in [-0.25, -0.2) is 17.6 Å². The zero-order valence-corrected chi connectivity index (χ0v) is 15.5. The normalized spacial score (nSPS) is 11.1. The van der Waals surface area contributed by atoms with E-state index in [0.717, 1.165) is 17.4 Å². The molecular weight excluding hydrogens is 354 g/mol. The Kier molecular flexibility index (Phi) is 7.18. The maximum absolute atomic E-state index is 11.4. The van der Waals surface area contributed by atoms with Crippen molar-refractivity contribution in [2.75, 3.05) is 26.5 Å². The van der Waals surface area contributed by atoms with Crippen molar-refractivity contribution in [3.05, 3.63) is 65.2 Å². The van der Waals surface area contributed by atoms with Crippen molar-refractivity contribution in [1.82, 2.24) is 4.31 Å². The predicted molar refractivity (Wildman–Crippen MR) is 99.3 cm³/mol. The lowest BCUT2D eigenvalue weighted by molar-refractivity contribution is -0.253. The van der Waals surface area contributed by atoms with Crippen LogP contribution in [0.4, 0.5) is 0 Å². The van der Waals surface area contributed by atoms with Gasteiger partial charge in [-0.3, -0.25) is 5.26 Å². The SMILES string of the molecule is CN(CCOc1ccc(C#Cc2ccccc2)cc1COO)S(C)(=O)=O. The minimum atomic E-state index is -3.25. The Labute approximate surface area is 154 Å². The van der Waals surface area contributed by atoms with Crippen molar-refractivity contribution >= 4 is 10.0 Å². The molecule has 0 fully saturated rings. The average Bonchev–Trinajstić information content (AvgIpc) is 2.61. The first kappa shape index (κ1) is 19.9. The van der Waals surface area contributed by atoms with Gasteiger partial charge >= 0.3 is 0 Å². The summed E-state index contributed by atoms with van der Waals surface area (Å²) < 4.78 is 29.6. The van der Waals surface area contributed by atoms with E-state index in [4.69, 9.17) is 9.99 Å². The first-order chi connectivity index (χ1) is 12.4. The zero-order valence-electron chi connectivity index (χ0n) is 14.7. The summed E-state index contributed by atoms with van der Waals surface area (Å²) in [6, 6.07) is 14.9. The Bertz CT molecular complexity index is 885. The fourth-order valence-electron chi connectivity index (χ4n) is 2.10. The minimum absolute atomic E-state index is 0.0574. The van der Waals surface area contributed by atoms with Crippen LogP contribution >= 0.6 is 0 Å². The van der Waals surface area contributed by atoms with Gasteiger partial charge in [0, 0.05) is 30.3 Å². The molecular formula is C19H21NO5S. The summed E-state index contributed by atoms with van der Waals surface area (Å²) in [4.78, 5) is 4.23. The molecule has 26 heavy (non-hydrogen) atoms. The number of benzene rings is 2. The van der Waals surface area contributed by atoms with Gasteiger partial charge in [0.2, 0.25) is 10.0 Å². The molecule has 0 spiro atoms. The van der Waals surface area contributed by atoms with Gasteiger partial charge in [0.25, 0.3) is 0 Å². The molecule has 1 N–H and O–H groups in total. The summed E-state index contributed by atoms with van der Waals surface area (Å²) in [7, 11) is -1.76. The molecule has 0 aliphatic carbocycles. The summed E-state index contributed by atoms with van der Waals surface area (Å²) in [6.45, 7) is 0.336. The van der Waals surface area contributed by atoms with Gasteiger partial charge in [-0.05, 0) is 30.3 Å². The number of hydrogen-bond donors (Lipinski definition) is 1. The van der Waals surface area contributed by atoms with Crippen LogP contribution in [-0.4, -0.2) is 44.4 Å². The van der Waals surface area contributed by atoms with Crippen LogP contribution in [0.25, 0.3) is 0 Å². The van der Waals surface area contributed by atoms with Crippen LogP contribution in [0.1, 0.15) is 16.7 Å². The lowest BCUT2D eigenvalue weighted by Gasteiger charge is -2.16. The molecule has 2 rings (SSSR count). The Hall–Kier alpha value is -2.37. The Morgan fingerprint density at radius 1 is 1.08 bits per heavy atom. The summed E-state index contributed by atoms with van der Waals surface area (Å²) in [5, 5.41) is 8.78. The first-order valence-electron chi connectivity index (χ1n) is 7.90. The second-order valence-corrected chi connectivity index (χ2v) is 7.73. The highest BCUT2D eigenvalue weighted by Crippen LogP contribution is 2.21. The van der Waals surface area contributed by atoms with Gasteiger partial charge in [-0.1, -0.05) is 30.0 Å². The number of likely N-dealkylation sites (N-methyl/N-ethyl adjacent to an activating group) is 1. The van der Waals surface area contributed by atoms with Gasteiger partial charge in [-0.15, -0.1) is 0 Å². The molecule has 0 saturated heterocycles. The second kappa shape index (κ2) is 9.36. The molecule has 0 amide bonds. The number of rotatable bonds is 7. The zero-order chi connectivity index (χ0) is 19.0. The van der Waals surface area contributed by atoms with Crippen molar-refractivity contribution in [2.45, 2.75) is 6.61 Å². The van der Waals surface area contributed by atoms with Gasteiger partial charge in [0.05, 0.1) is 6.26 Å². The summed E-state index contributed by atoms with van der Waals surface area (Å²) in [6.07, 6.45) is 1.14. The van der Waals surface area contributed by atoms with Gasteiger partial charge in [0.15, 0.2) is 0 Å². The van der Waals surface area contributed by atoms with Crippen molar-refractivity contribution in [3.8, 4) is 17.6 Å². The van der Waals surface area contributed by atoms with E-state index in [1.54, 1.807) is 18.2 Å². The fourth-order valence-corrected chi connectivity index (χ4v) is 2.50. The standard InChI is InChI=1S/C19H21NO5S/c1-20(26(2,22)23)12-13-24-19-11-10-17(14-18(19)15-25-21)9-8-16-6-4-3-5-7-16/h3-7,10-11,14,21H,12-13,15H2,1-2H3. The first-order valence-corrected chi connectivity index (χ1v) is 9.75. The largest absolute Gasteiger partial charge is 0.492 e. The molecule has 0 radical (unpaired) electrons. The number of nitrogens with zero attached hydrogens (tertiary/aromatic N) is 1. The maximum atomic E-state index is 11.4. The fraction of sp³-hybridized carbons (Fsp3) is 0.263. The van der Waals surface area contributed by atoms with Crippen LogP contribution in [0.5, 0.6) is 5.75 Å². The van der Waals surface area contributed by atoms with E-state index in [0.29, 0.717) is 11.3 Å². The molecule has 7 heteroatoms. The van der Waals surface area contributed by atoms with E-state index in [2.05, 4.69) is 16.7 Å². The Morgan fingerprint density at radius 2 is 1.77 bits per heavy atom. The molecule has 0 aliphatic heterocycles. The molecule has 6 nitrogen and oxygen atoms in total. The molecule has 0 heterocycles. The topological polar surface area (TPSA) is 76.1 Å². The van der Waals surface area contributed by atoms with Crippen molar-refractivity contribution in [2.24, 2.45) is 0 Å². The molecule has 0 atom stereocenters. The molecule has 0 saturated carbocycles. The predicted octanol–water partition coefficient (Wildman–Crippen LogP) is 2.35. The van der Waals surface area contributed by atoms with Crippen molar-refractivity contribution < 1.29 is 23.3 Å². The van der Waals surface area contributed by atoms with Crippen LogP contribution in [0.3, 0.4) is 0 Å². The van der Waals surface area contributed by atoms with E-state index >= 15 is 0 Å². The van der Waals surface area contributed by atoms with E-state index in [-0.39, 0.29) is 19.8 Å². The van der Waals surface area contributed by atoms with E-state index < -0.39 is 10.0 Å². The quantitative estimate of drug-likeness (QED) is 0.457. The third-order valence-corrected chi connectivity index (χ3v) is 4.95. The molecule has 0 aromatic heterocycles. The summed E-state index contributed by atoms with van der Waals surface area (Å²) in [5.74, 6) is 6.61. The van der Waals surface area contributed by atoms with Gasteiger partial charge < -0.3 is 4.74 Å². The smallest absolute Gasteiger partial charge is 0.211 e. The van der Waals surface area contributed by atoms with Crippen molar-refractivity contribution in [3.63, 3.8) is 0 Å². The van der Waals surface area contributed by atoms with Crippen LogP contribution in [0.15, 0.2) is 48.5 Å². The van der Waals surface area contributed by atoms with Crippen LogP contribution in [0.2, 0.25) is 0 Å². The Balaban J connectivity index is 2.09. The Morgan fingerprint density at radius 3 is 2.42 bits per heavy atom. The highest BCUT2D eigenvalue weighted by atomic mass is 32.2. The summed E-state index contributed by atoms with van der Waals surface area (Å²) >= 11 is 0. The number of sulfonamides is 1. The molecule has 2 aromatic rings. The lowest BCUT2D eigenvalue weighted by atomic mass is 10.1.